The molecule has 4 aromatic rings. The molecule has 0 spiro atoms. The number of piperidine rings is 1. The molecule has 2 aliphatic rings. The van der Waals surface area contributed by atoms with Crippen LogP contribution in [-0.4, -0.2) is 56.9 Å². The van der Waals surface area contributed by atoms with E-state index in [-0.39, 0.29) is 6.04 Å². The van der Waals surface area contributed by atoms with Crippen LogP contribution in [0, 0.1) is 12.8 Å². The summed E-state index contributed by atoms with van der Waals surface area (Å²) < 4.78 is 0. The fraction of sp³-hybridized carbons (Fsp3) is 0.292. The molecule has 0 unspecified atom stereocenters. The largest absolute Gasteiger partial charge is 0.369 e. The van der Waals surface area contributed by atoms with Crippen molar-refractivity contribution >= 4 is 52.0 Å². The Morgan fingerprint density at radius 1 is 1.06 bits per heavy atom. The van der Waals surface area contributed by atoms with Gasteiger partial charge in [0.1, 0.15) is 5.82 Å². The summed E-state index contributed by atoms with van der Waals surface area (Å²) in [6.07, 6.45) is 6.98. The monoisotopic (exact) mass is 493 g/mol. The summed E-state index contributed by atoms with van der Waals surface area (Å²) in [6, 6.07) is 7.70. The molecule has 2 fully saturated rings. The third-order valence-corrected chi connectivity index (χ3v) is 7.61. The number of benzene rings is 2. The molecule has 2 atom stereocenters. The van der Waals surface area contributed by atoms with Crippen molar-refractivity contribution in [3.05, 3.63) is 64.0 Å². The molecule has 4 heterocycles. The number of rotatable bonds is 4. The Balaban J connectivity index is 1.32. The Morgan fingerprint density at radius 3 is 2.59 bits per heavy atom. The van der Waals surface area contributed by atoms with E-state index in [1.165, 1.54) is 4.80 Å². The van der Waals surface area contributed by atoms with Crippen molar-refractivity contribution in [3.63, 3.8) is 0 Å². The molecule has 0 saturated carbocycles. The molecule has 6 rings (SSSR count). The average Bonchev–Trinajstić information content (AvgIpc) is 3.35. The lowest BCUT2D eigenvalue weighted by Gasteiger charge is -2.54. The van der Waals surface area contributed by atoms with E-state index in [2.05, 4.69) is 25.0 Å². The maximum absolute atomic E-state index is 12.2. The summed E-state index contributed by atoms with van der Waals surface area (Å²) in [5, 5.41) is 9.39. The van der Waals surface area contributed by atoms with Crippen LogP contribution in [0.5, 0.6) is 0 Å². The summed E-state index contributed by atoms with van der Waals surface area (Å²) in [7, 11) is 0. The standard InChI is InChI=1S/C24H21Cl2N7O/c1-14-2-3-21(33-28-5-6-29-33)16(13-34)24(14)31-7-4-15-11-32(22(15)12-31)23-10-27-19-8-17(25)18(26)9-20(19)30-23/h2-3,5-6,8-10,13,15,22H,4,7,11-12H2,1H3/t15-,22-/m1/s1. The Labute approximate surface area is 206 Å². The molecular weight excluding hydrogens is 473 g/mol. The van der Waals surface area contributed by atoms with Crippen LogP contribution in [0.3, 0.4) is 0 Å². The number of hydrogen-bond donors (Lipinski definition) is 0. The van der Waals surface area contributed by atoms with Crippen LogP contribution in [-0.2, 0) is 0 Å². The number of aryl methyl sites for hydroxylation is 1. The van der Waals surface area contributed by atoms with Crippen LogP contribution in [0.1, 0.15) is 22.3 Å². The topological polar surface area (TPSA) is 80.0 Å². The Hall–Kier alpha value is -3.23. The molecule has 0 N–H and O–H groups in total. The smallest absolute Gasteiger partial charge is 0.154 e. The van der Waals surface area contributed by atoms with E-state index in [4.69, 9.17) is 28.2 Å². The number of hydrogen-bond acceptors (Lipinski definition) is 7. The van der Waals surface area contributed by atoms with Crippen LogP contribution in [0.15, 0.2) is 42.9 Å². The number of carbonyl (C=O) groups excluding carboxylic acids is 1. The number of carbonyl (C=O) groups is 1. The lowest BCUT2D eigenvalue weighted by Crippen LogP contribution is -2.65. The Kier molecular flexibility index (Phi) is 5.15. The number of aldehydes is 1. The zero-order chi connectivity index (χ0) is 23.4. The van der Waals surface area contributed by atoms with E-state index in [1.54, 1.807) is 30.7 Å². The fourth-order valence-corrected chi connectivity index (χ4v) is 5.47. The summed E-state index contributed by atoms with van der Waals surface area (Å²) in [6.45, 7) is 4.67. The number of halogens is 2. The molecule has 2 aromatic carbocycles. The molecule has 0 bridgehead atoms. The van der Waals surface area contributed by atoms with Crippen molar-refractivity contribution in [2.75, 3.05) is 29.4 Å². The second-order valence-electron chi connectivity index (χ2n) is 8.80. The highest BCUT2D eigenvalue weighted by atomic mass is 35.5. The highest BCUT2D eigenvalue weighted by Crippen LogP contribution is 2.39. The molecule has 2 aromatic heterocycles. The highest BCUT2D eigenvalue weighted by molar-refractivity contribution is 6.42. The van der Waals surface area contributed by atoms with Crippen LogP contribution in [0.4, 0.5) is 11.5 Å². The van der Waals surface area contributed by atoms with Gasteiger partial charge in [-0.1, -0.05) is 29.3 Å². The normalized spacial score (nSPS) is 19.7. The van der Waals surface area contributed by atoms with E-state index in [0.29, 0.717) is 27.2 Å². The minimum atomic E-state index is 0.286. The van der Waals surface area contributed by atoms with Crippen molar-refractivity contribution in [2.45, 2.75) is 19.4 Å². The molecule has 2 saturated heterocycles. The molecule has 10 heteroatoms. The second kappa shape index (κ2) is 8.21. The van der Waals surface area contributed by atoms with Gasteiger partial charge in [0.25, 0.3) is 0 Å². The molecule has 34 heavy (non-hydrogen) atoms. The number of fused-ring (bicyclic) bond motifs is 2. The summed E-state index contributed by atoms with van der Waals surface area (Å²) in [5.41, 5.74) is 4.74. The van der Waals surface area contributed by atoms with E-state index < -0.39 is 0 Å². The molecule has 172 valence electrons. The van der Waals surface area contributed by atoms with Crippen molar-refractivity contribution in [1.29, 1.82) is 0 Å². The van der Waals surface area contributed by atoms with Gasteiger partial charge < -0.3 is 9.80 Å². The first-order valence-corrected chi connectivity index (χ1v) is 11.9. The van der Waals surface area contributed by atoms with Gasteiger partial charge in [0.2, 0.25) is 0 Å². The molecule has 2 aliphatic heterocycles. The highest BCUT2D eigenvalue weighted by Gasteiger charge is 2.44. The minimum Gasteiger partial charge on any atom is -0.369 e. The van der Waals surface area contributed by atoms with Crippen LogP contribution >= 0.6 is 23.2 Å². The maximum atomic E-state index is 12.2. The predicted molar refractivity (Wildman–Crippen MR) is 132 cm³/mol. The quantitative estimate of drug-likeness (QED) is 0.390. The average molecular weight is 494 g/mol. The van der Waals surface area contributed by atoms with E-state index >= 15 is 0 Å². The van der Waals surface area contributed by atoms with Gasteiger partial charge in [0.05, 0.1) is 62.6 Å². The number of nitrogens with zero attached hydrogens (tertiary/aromatic N) is 7. The first-order chi connectivity index (χ1) is 16.5. The molecule has 0 radical (unpaired) electrons. The lowest BCUT2D eigenvalue weighted by molar-refractivity contribution is 0.112. The zero-order valence-corrected chi connectivity index (χ0v) is 19.9. The van der Waals surface area contributed by atoms with Gasteiger partial charge in [0, 0.05) is 25.6 Å². The minimum absolute atomic E-state index is 0.286. The fourth-order valence-electron chi connectivity index (χ4n) is 5.16. The van der Waals surface area contributed by atoms with Crippen molar-refractivity contribution in [3.8, 4) is 5.69 Å². The van der Waals surface area contributed by atoms with Gasteiger partial charge in [-0.25, -0.2) is 4.98 Å². The third-order valence-electron chi connectivity index (χ3n) is 6.88. The van der Waals surface area contributed by atoms with Crippen molar-refractivity contribution in [1.82, 2.24) is 25.0 Å². The first-order valence-electron chi connectivity index (χ1n) is 11.1. The molecular formula is C24H21Cl2N7O. The van der Waals surface area contributed by atoms with Gasteiger partial charge in [-0.3, -0.25) is 9.78 Å². The van der Waals surface area contributed by atoms with E-state index in [9.17, 15) is 4.79 Å². The molecule has 0 aliphatic carbocycles. The van der Waals surface area contributed by atoms with Gasteiger partial charge in [-0.15, -0.1) is 0 Å². The van der Waals surface area contributed by atoms with Crippen LogP contribution < -0.4 is 9.80 Å². The van der Waals surface area contributed by atoms with Gasteiger partial charge >= 0.3 is 0 Å². The van der Waals surface area contributed by atoms with Crippen molar-refractivity contribution < 1.29 is 4.79 Å². The van der Waals surface area contributed by atoms with Crippen molar-refractivity contribution in [2.24, 2.45) is 5.92 Å². The summed E-state index contributed by atoms with van der Waals surface area (Å²) in [5.74, 6) is 1.41. The SMILES string of the molecule is Cc1ccc(-n2nccn2)c(C=O)c1N1CC[C@@H]2CN(c3cnc4cc(Cl)c(Cl)cc4n3)[C@@H]2C1. The summed E-state index contributed by atoms with van der Waals surface area (Å²) in [4.78, 5) is 27.7. The first kappa shape index (κ1) is 21.3. The maximum Gasteiger partial charge on any atom is 0.154 e. The van der Waals surface area contributed by atoms with Gasteiger partial charge in [-0.2, -0.15) is 15.0 Å². The number of aromatic nitrogens is 5. The number of anilines is 2. The van der Waals surface area contributed by atoms with Crippen LogP contribution in [0.2, 0.25) is 10.0 Å². The Morgan fingerprint density at radius 2 is 1.82 bits per heavy atom. The van der Waals surface area contributed by atoms with Crippen LogP contribution in [0.25, 0.3) is 16.7 Å². The van der Waals surface area contributed by atoms with Gasteiger partial charge in [-0.05, 0) is 37.1 Å². The lowest BCUT2D eigenvalue weighted by atomic mass is 9.81. The molecule has 8 nitrogen and oxygen atoms in total. The second-order valence-corrected chi connectivity index (χ2v) is 9.61. The Bertz CT molecular complexity index is 1410. The summed E-state index contributed by atoms with van der Waals surface area (Å²) >= 11 is 12.3. The van der Waals surface area contributed by atoms with E-state index in [1.807, 2.05) is 19.1 Å². The van der Waals surface area contributed by atoms with Gasteiger partial charge in [0.15, 0.2) is 6.29 Å². The molecule has 0 amide bonds. The third kappa shape index (κ3) is 3.40. The predicted octanol–water partition coefficient (Wildman–Crippen LogP) is 4.35. The zero-order valence-electron chi connectivity index (χ0n) is 18.4. The van der Waals surface area contributed by atoms with E-state index in [0.717, 1.165) is 60.4 Å².